The number of carbonyl (C=O) groups is 1. The third kappa shape index (κ3) is 4.87. The van der Waals surface area contributed by atoms with Crippen molar-refractivity contribution >= 4 is 23.2 Å². The predicted octanol–water partition coefficient (Wildman–Crippen LogP) is 3.82. The molecule has 134 valence electrons. The van der Waals surface area contributed by atoms with Gasteiger partial charge in [-0.3, -0.25) is 9.69 Å². The van der Waals surface area contributed by atoms with Gasteiger partial charge in [0.15, 0.2) is 0 Å². The van der Waals surface area contributed by atoms with Crippen molar-refractivity contribution in [1.82, 2.24) is 4.90 Å². The fourth-order valence-corrected chi connectivity index (χ4v) is 2.66. The third-order valence-corrected chi connectivity index (χ3v) is 4.30. The number of anilines is 1. The van der Waals surface area contributed by atoms with E-state index in [-0.39, 0.29) is 11.9 Å². The normalized spacial score (nSPS) is 11.9. The fraction of sp³-hybridized carbons (Fsp3) is 0.316. The van der Waals surface area contributed by atoms with Crippen molar-refractivity contribution in [2.75, 3.05) is 26.6 Å². The third-order valence-electron chi connectivity index (χ3n) is 4.07. The van der Waals surface area contributed by atoms with E-state index in [4.69, 9.17) is 21.1 Å². The smallest absolute Gasteiger partial charge is 0.241 e. The Hall–Kier alpha value is -2.24. The van der Waals surface area contributed by atoms with Gasteiger partial charge in [-0.05, 0) is 44.3 Å². The van der Waals surface area contributed by atoms with Gasteiger partial charge in [-0.1, -0.05) is 23.7 Å². The molecule has 0 aliphatic heterocycles. The van der Waals surface area contributed by atoms with Crippen LogP contribution in [0.15, 0.2) is 42.5 Å². The average Bonchev–Trinajstić information content (AvgIpc) is 2.61. The van der Waals surface area contributed by atoms with Crippen molar-refractivity contribution in [3.63, 3.8) is 0 Å². The Kier molecular flexibility index (Phi) is 6.67. The molecule has 1 amide bonds. The highest BCUT2D eigenvalue weighted by atomic mass is 35.5. The number of amides is 1. The van der Waals surface area contributed by atoms with Crippen molar-refractivity contribution in [3.8, 4) is 11.5 Å². The van der Waals surface area contributed by atoms with Gasteiger partial charge in [0, 0.05) is 17.1 Å². The summed E-state index contributed by atoms with van der Waals surface area (Å²) in [4.78, 5) is 14.5. The summed E-state index contributed by atoms with van der Waals surface area (Å²) in [7, 11) is 5.07. The molecule has 0 aliphatic carbocycles. The number of rotatable bonds is 7. The summed E-state index contributed by atoms with van der Waals surface area (Å²) in [6, 6.07) is 12.4. The molecule has 0 heterocycles. The van der Waals surface area contributed by atoms with Crippen LogP contribution in [0.3, 0.4) is 0 Å². The van der Waals surface area contributed by atoms with Crippen LogP contribution < -0.4 is 14.8 Å². The van der Waals surface area contributed by atoms with Crippen molar-refractivity contribution in [2.24, 2.45) is 0 Å². The zero-order chi connectivity index (χ0) is 18.4. The standard InChI is InChI=1S/C19H23ClN2O3/c1-13(19(23)21-16-7-5-6-8-18(16)25-4)22(2)12-14-11-15(20)9-10-17(14)24-3/h5-11,13H,12H2,1-4H3,(H,21,23)/t13-/m0/s1. The Bertz CT molecular complexity index is 736. The molecular weight excluding hydrogens is 340 g/mol. The van der Waals surface area contributed by atoms with E-state index in [0.717, 1.165) is 11.3 Å². The minimum atomic E-state index is -0.353. The molecule has 0 aliphatic rings. The first kappa shape index (κ1) is 19.1. The zero-order valence-corrected chi connectivity index (χ0v) is 15.6. The monoisotopic (exact) mass is 362 g/mol. The summed E-state index contributed by atoms with van der Waals surface area (Å²) in [6.07, 6.45) is 0. The van der Waals surface area contributed by atoms with E-state index in [1.165, 1.54) is 0 Å². The van der Waals surface area contributed by atoms with Crippen LogP contribution in [-0.4, -0.2) is 38.1 Å². The first-order valence-corrected chi connectivity index (χ1v) is 8.30. The number of nitrogens with zero attached hydrogens (tertiary/aromatic N) is 1. The summed E-state index contributed by atoms with van der Waals surface area (Å²) in [5.41, 5.74) is 1.57. The molecule has 0 aromatic heterocycles. The fourth-order valence-electron chi connectivity index (χ4n) is 2.46. The SMILES string of the molecule is COc1ccc(Cl)cc1CN(C)[C@@H](C)C(=O)Nc1ccccc1OC. The molecule has 0 bridgehead atoms. The first-order valence-electron chi connectivity index (χ1n) is 7.92. The van der Waals surface area contributed by atoms with Crippen LogP contribution in [0, 0.1) is 0 Å². The van der Waals surface area contributed by atoms with Gasteiger partial charge in [-0.15, -0.1) is 0 Å². The van der Waals surface area contributed by atoms with E-state index in [1.807, 2.05) is 49.2 Å². The van der Waals surface area contributed by atoms with Gasteiger partial charge < -0.3 is 14.8 Å². The number of halogens is 1. The van der Waals surface area contributed by atoms with Crippen LogP contribution >= 0.6 is 11.6 Å². The van der Waals surface area contributed by atoms with Crippen molar-refractivity contribution in [2.45, 2.75) is 19.5 Å². The number of nitrogens with one attached hydrogen (secondary N) is 1. The molecule has 0 radical (unpaired) electrons. The molecule has 2 aromatic carbocycles. The van der Waals surface area contributed by atoms with Crippen molar-refractivity contribution in [1.29, 1.82) is 0 Å². The quantitative estimate of drug-likeness (QED) is 0.813. The van der Waals surface area contributed by atoms with Crippen LogP contribution in [-0.2, 0) is 11.3 Å². The lowest BCUT2D eigenvalue weighted by molar-refractivity contribution is -0.120. The Morgan fingerprint density at radius 3 is 2.52 bits per heavy atom. The summed E-state index contributed by atoms with van der Waals surface area (Å²) in [6.45, 7) is 2.38. The first-order chi connectivity index (χ1) is 12.0. The molecule has 2 rings (SSSR count). The van der Waals surface area contributed by atoms with Gasteiger partial charge in [-0.2, -0.15) is 0 Å². The summed E-state index contributed by atoms with van der Waals surface area (Å²) >= 11 is 6.07. The lowest BCUT2D eigenvalue weighted by atomic mass is 10.1. The number of ether oxygens (including phenoxy) is 2. The highest BCUT2D eigenvalue weighted by Crippen LogP contribution is 2.25. The zero-order valence-electron chi connectivity index (χ0n) is 14.9. The van der Waals surface area contributed by atoms with Crippen LogP contribution in [0.1, 0.15) is 12.5 Å². The minimum Gasteiger partial charge on any atom is -0.496 e. The molecule has 0 fully saturated rings. The van der Waals surface area contributed by atoms with Gasteiger partial charge in [0.1, 0.15) is 11.5 Å². The maximum Gasteiger partial charge on any atom is 0.241 e. The Balaban J connectivity index is 2.07. The van der Waals surface area contributed by atoms with Gasteiger partial charge >= 0.3 is 0 Å². The molecule has 6 heteroatoms. The minimum absolute atomic E-state index is 0.118. The highest BCUT2D eigenvalue weighted by molar-refractivity contribution is 6.30. The maximum atomic E-state index is 12.6. The summed E-state index contributed by atoms with van der Waals surface area (Å²) in [5, 5.41) is 3.54. The number of hydrogen-bond acceptors (Lipinski definition) is 4. The average molecular weight is 363 g/mol. The van der Waals surface area contributed by atoms with Crippen molar-refractivity contribution < 1.29 is 14.3 Å². The largest absolute Gasteiger partial charge is 0.496 e. The molecule has 0 unspecified atom stereocenters. The molecule has 1 N–H and O–H groups in total. The molecule has 1 atom stereocenters. The molecule has 0 saturated heterocycles. The van der Waals surface area contributed by atoms with Crippen LogP contribution in [0.25, 0.3) is 0 Å². The van der Waals surface area contributed by atoms with E-state index in [2.05, 4.69) is 5.32 Å². The molecule has 2 aromatic rings. The maximum absolute atomic E-state index is 12.6. The lowest BCUT2D eigenvalue weighted by Gasteiger charge is -2.25. The second-order valence-corrected chi connectivity index (χ2v) is 6.17. The van der Waals surface area contributed by atoms with Crippen LogP contribution in [0.5, 0.6) is 11.5 Å². The highest BCUT2D eigenvalue weighted by Gasteiger charge is 2.20. The van der Waals surface area contributed by atoms with Crippen LogP contribution in [0.2, 0.25) is 5.02 Å². The number of likely N-dealkylation sites (N-methyl/N-ethyl adjacent to an activating group) is 1. The van der Waals surface area contributed by atoms with Gasteiger partial charge in [0.05, 0.1) is 25.9 Å². The lowest BCUT2D eigenvalue weighted by Crippen LogP contribution is -2.39. The van der Waals surface area contributed by atoms with E-state index in [0.29, 0.717) is 23.0 Å². The molecule has 5 nitrogen and oxygen atoms in total. The topological polar surface area (TPSA) is 50.8 Å². The Labute approximate surface area is 153 Å². The Morgan fingerprint density at radius 2 is 1.84 bits per heavy atom. The number of carbonyl (C=O) groups excluding carboxylic acids is 1. The van der Waals surface area contributed by atoms with Gasteiger partial charge in [-0.25, -0.2) is 0 Å². The number of benzene rings is 2. The van der Waals surface area contributed by atoms with Gasteiger partial charge in [0.25, 0.3) is 0 Å². The predicted molar refractivity (Wildman–Crippen MR) is 101 cm³/mol. The molecule has 0 saturated carbocycles. The number of hydrogen-bond donors (Lipinski definition) is 1. The second kappa shape index (κ2) is 8.74. The molecule has 0 spiro atoms. The van der Waals surface area contributed by atoms with E-state index >= 15 is 0 Å². The van der Waals surface area contributed by atoms with E-state index in [1.54, 1.807) is 26.4 Å². The summed E-state index contributed by atoms with van der Waals surface area (Å²) < 4.78 is 10.6. The Morgan fingerprint density at radius 1 is 1.16 bits per heavy atom. The van der Waals surface area contributed by atoms with Crippen LogP contribution in [0.4, 0.5) is 5.69 Å². The second-order valence-electron chi connectivity index (χ2n) is 5.74. The van der Waals surface area contributed by atoms with Gasteiger partial charge in [0.2, 0.25) is 5.91 Å². The molecular formula is C19H23ClN2O3. The molecule has 25 heavy (non-hydrogen) atoms. The summed E-state index contributed by atoms with van der Waals surface area (Å²) in [5.74, 6) is 1.25. The number of para-hydroxylation sites is 2. The van der Waals surface area contributed by atoms with Crippen molar-refractivity contribution in [3.05, 3.63) is 53.1 Å². The van der Waals surface area contributed by atoms with E-state index < -0.39 is 0 Å². The van der Waals surface area contributed by atoms with E-state index in [9.17, 15) is 4.79 Å². The number of methoxy groups -OCH3 is 2.